The molecule has 1 N–H and O–H groups in total. The van der Waals surface area contributed by atoms with Gasteiger partial charge in [-0.15, -0.1) is 0 Å². The van der Waals surface area contributed by atoms with E-state index in [0.717, 1.165) is 11.1 Å². The summed E-state index contributed by atoms with van der Waals surface area (Å²) >= 11 is 0. The van der Waals surface area contributed by atoms with Gasteiger partial charge in [0.25, 0.3) is 0 Å². The highest BCUT2D eigenvalue weighted by molar-refractivity contribution is 7.84. The SMILES string of the molecule is C[C@H](OCc1ccccc1)[C@H](N[S@@](=O)C(C)(C)C)c1ccccc1. The van der Waals surface area contributed by atoms with E-state index in [4.69, 9.17) is 4.74 Å². The Balaban J connectivity index is 2.11. The Morgan fingerprint density at radius 2 is 1.54 bits per heavy atom. The number of hydrogen-bond acceptors (Lipinski definition) is 2. The quantitative estimate of drug-likeness (QED) is 0.808. The first kappa shape index (κ1) is 18.8. The molecule has 24 heavy (non-hydrogen) atoms. The molecule has 0 aliphatic rings. The molecule has 0 spiro atoms. The summed E-state index contributed by atoms with van der Waals surface area (Å²) in [6.45, 7) is 8.46. The van der Waals surface area contributed by atoms with Crippen LogP contribution in [0.2, 0.25) is 0 Å². The molecule has 0 aromatic heterocycles. The van der Waals surface area contributed by atoms with Crippen LogP contribution in [0.25, 0.3) is 0 Å². The summed E-state index contributed by atoms with van der Waals surface area (Å²) in [5, 5.41) is 0. The molecule has 2 rings (SSSR count). The fraction of sp³-hybridized carbons (Fsp3) is 0.400. The molecule has 130 valence electrons. The summed E-state index contributed by atoms with van der Waals surface area (Å²) < 4.78 is 21.6. The van der Waals surface area contributed by atoms with Gasteiger partial charge < -0.3 is 4.74 Å². The van der Waals surface area contributed by atoms with E-state index in [0.29, 0.717) is 6.61 Å². The van der Waals surface area contributed by atoms with Gasteiger partial charge in [0.2, 0.25) is 0 Å². The van der Waals surface area contributed by atoms with E-state index >= 15 is 0 Å². The molecule has 0 saturated carbocycles. The van der Waals surface area contributed by atoms with Gasteiger partial charge in [0.15, 0.2) is 0 Å². The van der Waals surface area contributed by atoms with Crippen molar-refractivity contribution in [2.45, 2.75) is 51.2 Å². The van der Waals surface area contributed by atoms with Crippen molar-refractivity contribution in [1.82, 2.24) is 4.72 Å². The number of benzene rings is 2. The van der Waals surface area contributed by atoms with E-state index in [1.54, 1.807) is 0 Å². The van der Waals surface area contributed by atoms with Crippen LogP contribution in [0.4, 0.5) is 0 Å². The van der Waals surface area contributed by atoms with Crippen molar-refractivity contribution < 1.29 is 8.95 Å². The summed E-state index contributed by atoms with van der Waals surface area (Å²) in [6.07, 6.45) is -0.112. The summed E-state index contributed by atoms with van der Waals surface area (Å²) in [5.41, 5.74) is 2.21. The Labute approximate surface area is 148 Å². The van der Waals surface area contributed by atoms with Crippen LogP contribution in [-0.2, 0) is 22.3 Å². The zero-order valence-corrected chi connectivity index (χ0v) is 15.7. The molecule has 0 saturated heterocycles. The minimum Gasteiger partial charge on any atom is -0.372 e. The lowest BCUT2D eigenvalue weighted by molar-refractivity contribution is 0.0321. The van der Waals surface area contributed by atoms with Crippen LogP contribution in [0.15, 0.2) is 60.7 Å². The third kappa shape index (κ3) is 5.55. The van der Waals surface area contributed by atoms with Crippen LogP contribution in [-0.4, -0.2) is 15.1 Å². The number of nitrogens with one attached hydrogen (secondary N) is 1. The van der Waals surface area contributed by atoms with Gasteiger partial charge in [-0.25, -0.2) is 8.93 Å². The zero-order valence-electron chi connectivity index (χ0n) is 14.9. The normalized spacial score (nSPS) is 15.7. The highest BCUT2D eigenvalue weighted by atomic mass is 32.2. The molecule has 0 unspecified atom stereocenters. The Morgan fingerprint density at radius 3 is 2.08 bits per heavy atom. The topological polar surface area (TPSA) is 38.3 Å². The Hall–Kier alpha value is -1.49. The molecule has 3 nitrogen and oxygen atoms in total. The van der Waals surface area contributed by atoms with Crippen LogP contribution in [0.1, 0.15) is 44.9 Å². The monoisotopic (exact) mass is 345 g/mol. The number of hydrogen-bond donors (Lipinski definition) is 1. The predicted molar refractivity (Wildman–Crippen MR) is 101 cm³/mol. The van der Waals surface area contributed by atoms with Gasteiger partial charge in [-0.1, -0.05) is 60.7 Å². The van der Waals surface area contributed by atoms with Crippen LogP contribution in [0.3, 0.4) is 0 Å². The predicted octanol–water partition coefficient (Wildman–Crippen LogP) is 4.38. The van der Waals surface area contributed by atoms with E-state index in [9.17, 15) is 4.21 Å². The molecule has 2 aromatic carbocycles. The molecule has 2 aromatic rings. The van der Waals surface area contributed by atoms with E-state index < -0.39 is 11.0 Å². The van der Waals surface area contributed by atoms with Crippen LogP contribution < -0.4 is 4.72 Å². The van der Waals surface area contributed by atoms with Crippen LogP contribution in [0.5, 0.6) is 0 Å². The highest BCUT2D eigenvalue weighted by Gasteiger charge is 2.27. The lowest BCUT2D eigenvalue weighted by atomic mass is 10.0. The van der Waals surface area contributed by atoms with Crippen molar-refractivity contribution in [1.29, 1.82) is 0 Å². The second-order valence-corrected chi connectivity index (χ2v) is 8.89. The van der Waals surface area contributed by atoms with Crippen molar-refractivity contribution >= 4 is 11.0 Å². The van der Waals surface area contributed by atoms with E-state index in [2.05, 4.69) is 4.72 Å². The summed E-state index contributed by atoms with van der Waals surface area (Å²) in [4.78, 5) is 0. The fourth-order valence-electron chi connectivity index (χ4n) is 2.29. The van der Waals surface area contributed by atoms with Crippen LogP contribution in [0, 0.1) is 0 Å². The molecule has 0 heterocycles. The van der Waals surface area contributed by atoms with Crippen molar-refractivity contribution in [3.63, 3.8) is 0 Å². The molecule has 4 heteroatoms. The first-order valence-electron chi connectivity index (χ1n) is 8.26. The first-order valence-corrected chi connectivity index (χ1v) is 9.41. The van der Waals surface area contributed by atoms with Gasteiger partial charge in [-0.2, -0.15) is 0 Å². The molecule has 0 fully saturated rings. The Morgan fingerprint density at radius 1 is 1.00 bits per heavy atom. The molecule has 0 amide bonds. The first-order chi connectivity index (χ1) is 11.4. The van der Waals surface area contributed by atoms with E-state index in [1.807, 2.05) is 88.4 Å². The molecular formula is C20H27NO2S. The molecule has 3 atom stereocenters. The van der Waals surface area contributed by atoms with E-state index in [-0.39, 0.29) is 16.9 Å². The Bertz CT molecular complexity index is 638. The maximum Gasteiger partial charge on any atom is 0.0976 e. The smallest absolute Gasteiger partial charge is 0.0976 e. The summed E-state index contributed by atoms with van der Waals surface area (Å²) in [6, 6.07) is 20.0. The third-order valence-electron chi connectivity index (χ3n) is 3.77. The number of rotatable bonds is 7. The molecule has 0 aliphatic carbocycles. The highest BCUT2D eigenvalue weighted by Crippen LogP contribution is 2.23. The maximum absolute atomic E-state index is 12.6. The number of ether oxygens (including phenoxy) is 1. The van der Waals surface area contributed by atoms with Gasteiger partial charge in [0.1, 0.15) is 0 Å². The maximum atomic E-state index is 12.6. The second kappa shape index (κ2) is 8.56. The average Bonchev–Trinajstić information content (AvgIpc) is 2.58. The average molecular weight is 346 g/mol. The fourth-order valence-corrected chi connectivity index (χ4v) is 3.20. The minimum absolute atomic E-state index is 0.112. The summed E-state index contributed by atoms with van der Waals surface area (Å²) in [7, 11) is -1.17. The Kier molecular flexibility index (Phi) is 6.72. The summed E-state index contributed by atoms with van der Waals surface area (Å²) in [5.74, 6) is 0. The van der Waals surface area contributed by atoms with Gasteiger partial charge in [0.05, 0.1) is 34.5 Å². The van der Waals surface area contributed by atoms with Gasteiger partial charge in [0, 0.05) is 0 Å². The van der Waals surface area contributed by atoms with Crippen LogP contribution >= 0.6 is 0 Å². The minimum atomic E-state index is -1.17. The van der Waals surface area contributed by atoms with Crippen molar-refractivity contribution in [3.05, 3.63) is 71.8 Å². The zero-order chi connectivity index (χ0) is 17.6. The van der Waals surface area contributed by atoms with Gasteiger partial charge >= 0.3 is 0 Å². The van der Waals surface area contributed by atoms with Gasteiger partial charge in [-0.05, 0) is 38.8 Å². The second-order valence-electron chi connectivity index (χ2n) is 6.89. The lowest BCUT2D eigenvalue weighted by Gasteiger charge is -2.29. The molecular weight excluding hydrogens is 318 g/mol. The van der Waals surface area contributed by atoms with Gasteiger partial charge in [-0.3, -0.25) is 0 Å². The van der Waals surface area contributed by atoms with E-state index in [1.165, 1.54) is 0 Å². The standard InChI is InChI=1S/C20H27NO2S/c1-16(23-15-17-11-7-5-8-12-17)19(18-13-9-6-10-14-18)21-24(22)20(2,3)4/h5-14,16,19,21H,15H2,1-4H3/t16-,19-,24-/m0/s1. The molecule has 0 radical (unpaired) electrons. The lowest BCUT2D eigenvalue weighted by Crippen LogP contribution is -2.40. The van der Waals surface area contributed by atoms with Crippen molar-refractivity contribution in [3.8, 4) is 0 Å². The van der Waals surface area contributed by atoms with Crippen molar-refractivity contribution in [2.24, 2.45) is 0 Å². The molecule has 0 aliphatic heterocycles. The molecule has 0 bridgehead atoms. The van der Waals surface area contributed by atoms with Crippen molar-refractivity contribution in [2.75, 3.05) is 0 Å². The third-order valence-corrected chi connectivity index (χ3v) is 5.35. The largest absolute Gasteiger partial charge is 0.372 e.